The molecular formula is C23H16F4N6O3. The molecule has 0 saturated carbocycles. The predicted octanol–water partition coefficient (Wildman–Crippen LogP) is 4.49. The van der Waals surface area contributed by atoms with Crippen LogP contribution in [0.15, 0.2) is 51.7 Å². The molecule has 13 heteroatoms. The lowest BCUT2D eigenvalue weighted by Crippen LogP contribution is -2.41. The standard InChI is InChI=1S/C23H16F4N6O3/c1-32-7-5-14(31-32)21-30-20(23(25,26)27)19(36-21)22(34)33-8-6-13-17(29-10-28-13)18(33)16-9-11-12(24)3-2-4-15(11)35-16/h2-5,7,9-10,18H,6,8H2,1H3,(H,28,29)/t18-/m1/s1. The van der Waals surface area contributed by atoms with Gasteiger partial charge in [-0.15, -0.1) is 0 Å². The Morgan fingerprint density at radius 3 is 2.78 bits per heavy atom. The van der Waals surface area contributed by atoms with Crippen molar-refractivity contribution < 1.29 is 31.2 Å². The number of halogens is 4. The van der Waals surface area contributed by atoms with Crippen LogP contribution in [0.3, 0.4) is 0 Å². The Hall–Kier alpha value is -4.42. The number of carbonyl (C=O) groups is 1. The van der Waals surface area contributed by atoms with Crippen LogP contribution in [0.25, 0.3) is 22.6 Å². The van der Waals surface area contributed by atoms with Crippen LogP contribution in [-0.2, 0) is 19.6 Å². The minimum Gasteiger partial charge on any atom is -0.458 e. The second kappa shape index (κ2) is 7.80. The summed E-state index contributed by atoms with van der Waals surface area (Å²) in [5, 5.41) is 4.19. The van der Waals surface area contributed by atoms with Crippen molar-refractivity contribution in [3.63, 3.8) is 0 Å². The number of amides is 1. The summed E-state index contributed by atoms with van der Waals surface area (Å²) in [6, 6.07) is 6.10. The second-order valence-electron chi connectivity index (χ2n) is 8.29. The molecule has 0 bridgehead atoms. The van der Waals surface area contributed by atoms with Gasteiger partial charge in [0.2, 0.25) is 11.7 Å². The van der Waals surface area contributed by atoms with Crippen molar-refractivity contribution in [3.05, 3.63) is 77.3 Å². The van der Waals surface area contributed by atoms with Crippen LogP contribution in [-0.4, -0.2) is 42.1 Å². The number of benzene rings is 1. The number of fused-ring (bicyclic) bond motifs is 2. The number of furan rings is 1. The third-order valence-electron chi connectivity index (χ3n) is 6.01. The first-order chi connectivity index (χ1) is 17.2. The van der Waals surface area contributed by atoms with Crippen molar-refractivity contribution in [1.82, 2.24) is 29.6 Å². The lowest BCUT2D eigenvalue weighted by Gasteiger charge is -2.33. The summed E-state index contributed by atoms with van der Waals surface area (Å²) in [5.41, 5.74) is -0.122. The number of hydrogen-bond donors (Lipinski definition) is 1. The van der Waals surface area contributed by atoms with E-state index < -0.39 is 41.3 Å². The Morgan fingerprint density at radius 2 is 2.06 bits per heavy atom. The molecular weight excluding hydrogens is 484 g/mol. The first kappa shape index (κ1) is 22.1. The summed E-state index contributed by atoms with van der Waals surface area (Å²) in [7, 11) is 1.58. The number of nitrogens with zero attached hydrogens (tertiary/aromatic N) is 5. The van der Waals surface area contributed by atoms with Gasteiger partial charge in [-0.25, -0.2) is 14.4 Å². The maximum absolute atomic E-state index is 14.4. The lowest BCUT2D eigenvalue weighted by atomic mass is 9.99. The molecule has 1 aliphatic heterocycles. The van der Waals surface area contributed by atoms with Gasteiger partial charge < -0.3 is 18.7 Å². The van der Waals surface area contributed by atoms with E-state index in [1.54, 1.807) is 13.1 Å². The van der Waals surface area contributed by atoms with Crippen LogP contribution >= 0.6 is 0 Å². The number of aromatic amines is 1. The van der Waals surface area contributed by atoms with Crippen molar-refractivity contribution in [1.29, 1.82) is 0 Å². The lowest BCUT2D eigenvalue weighted by molar-refractivity contribution is -0.141. The highest BCUT2D eigenvalue weighted by molar-refractivity contribution is 5.94. The number of hydrogen-bond acceptors (Lipinski definition) is 6. The summed E-state index contributed by atoms with van der Waals surface area (Å²) in [5.74, 6) is -2.86. The molecule has 1 N–H and O–H groups in total. The van der Waals surface area contributed by atoms with Crippen molar-refractivity contribution >= 4 is 16.9 Å². The van der Waals surface area contributed by atoms with E-state index in [9.17, 15) is 22.4 Å². The van der Waals surface area contributed by atoms with Crippen LogP contribution in [0.2, 0.25) is 0 Å². The molecule has 0 fully saturated rings. The van der Waals surface area contributed by atoms with Gasteiger partial charge in [-0.1, -0.05) is 6.07 Å². The van der Waals surface area contributed by atoms with Gasteiger partial charge in [-0.05, 0) is 24.3 Å². The molecule has 0 saturated heterocycles. The van der Waals surface area contributed by atoms with Gasteiger partial charge >= 0.3 is 6.18 Å². The van der Waals surface area contributed by atoms with Crippen LogP contribution < -0.4 is 0 Å². The SMILES string of the molecule is Cn1ccc(-c2nc(C(F)(F)F)c(C(=O)N3CCc4[nH]cnc4[C@H]3c3cc4c(F)cccc4o3)o2)n1. The Labute approximate surface area is 199 Å². The molecule has 1 atom stereocenters. The third-order valence-corrected chi connectivity index (χ3v) is 6.01. The zero-order chi connectivity index (χ0) is 25.2. The number of aromatic nitrogens is 5. The van der Waals surface area contributed by atoms with Crippen LogP contribution in [0.1, 0.15) is 39.4 Å². The molecule has 5 aromatic rings. The molecule has 5 heterocycles. The number of alkyl halides is 3. The molecule has 1 aromatic carbocycles. The van der Waals surface area contributed by atoms with E-state index in [1.807, 2.05) is 0 Å². The monoisotopic (exact) mass is 500 g/mol. The summed E-state index contributed by atoms with van der Waals surface area (Å²) < 4.78 is 68.7. The minimum atomic E-state index is -4.97. The molecule has 9 nitrogen and oxygen atoms in total. The topological polar surface area (TPSA) is 106 Å². The molecule has 36 heavy (non-hydrogen) atoms. The Balaban J connectivity index is 1.48. The molecule has 1 aliphatic rings. The number of rotatable bonds is 3. The summed E-state index contributed by atoms with van der Waals surface area (Å²) in [6.07, 6.45) is -1.74. The fourth-order valence-corrected chi connectivity index (χ4v) is 4.39. The Morgan fingerprint density at radius 1 is 1.22 bits per heavy atom. The molecule has 4 aromatic heterocycles. The first-order valence-electron chi connectivity index (χ1n) is 10.8. The van der Waals surface area contributed by atoms with E-state index in [0.717, 1.165) is 4.90 Å². The van der Waals surface area contributed by atoms with Crippen molar-refractivity contribution in [3.8, 4) is 11.6 Å². The van der Waals surface area contributed by atoms with Crippen LogP contribution in [0, 0.1) is 5.82 Å². The van der Waals surface area contributed by atoms with Gasteiger partial charge in [0.15, 0.2) is 5.69 Å². The maximum Gasteiger partial charge on any atom is 0.437 e. The molecule has 0 spiro atoms. The van der Waals surface area contributed by atoms with Gasteiger partial charge in [0.05, 0.1) is 17.4 Å². The highest BCUT2D eigenvalue weighted by atomic mass is 19.4. The highest BCUT2D eigenvalue weighted by Crippen LogP contribution is 2.40. The van der Waals surface area contributed by atoms with Crippen LogP contribution in [0.4, 0.5) is 17.6 Å². The minimum absolute atomic E-state index is 0.0230. The number of H-pyrrole nitrogens is 1. The zero-order valence-corrected chi connectivity index (χ0v) is 18.5. The predicted molar refractivity (Wildman–Crippen MR) is 115 cm³/mol. The quantitative estimate of drug-likeness (QED) is 0.366. The van der Waals surface area contributed by atoms with Gasteiger partial charge in [-0.3, -0.25) is 9.48 Å². The number of carbonyl (C=O) groups excluding carboxylic acids is 1. The van der Waals surface area contributed by atoms with Crippen LogP contribution in [0.5, 0.6) is 0 Å². The molecule has 184 valence electrons. The largest absolute Gasteiger partial charge is 0.458 e. The Kier molecular flexibility index (Phi) is 4.78. The fourth-order valence-electron chi connectivity index (χ4n) is 4.39. The Bertz CT molecular complexity index is 1610. The van der Waals surface area contributed by atoms with E-state index in [-0.39, 0.29) is 29.0 Å². The van der Waals surface area contributed by atoms with Gasteiger partial charge in [-0.2, -0.15) is 18.3 Å². The summed E-state index contributed by atoms with van der Waals surface area (Å²) in [4.78, 5) is 25.6. The zero-order valence-electron chi connectivity index (χ0n) is 18.5. The second-order valence-corrected chi connectivity index (χ2v) is 8.29. The van der Waals surface area contributed by atoms with Gasteiger partial charge in [0.25, 0.3) is 5.91 Å². The molecule has 1 amide bonds. The number of imidazole rings is 1. The van der Waals surface area contributed by atoms with E-state index in [2.05, 4.69) is 20.1 Å². The number of aryl methyl sites for hydroxylation is 1. The molecule has 0 aliphatic carbocycles. The van der Waals surface area contributed by atoms with Crippen molar-refractivity contribution in [2.45, 2.75) is 18.6 Å². The summed E-state index contributed by atoms with van der Waals surface area (Å²) in [6.45, 7) is 0.0230. The van der Waals surface area contributed by atoms with E-state index in [4.69, 9.17) is 8.83 Å². The normalized spacial score (nSPS) is 16.0. The van der Waals surface area contributed by atoms with E-state index in [1.165, 1.54) is 41.5 Å². The molecule has 0 unspecified atom stereocenters. The first-order valence-corrected chi connectivity index (χ1v) is 10.8. The molecule has 0 radical (unpaired) electrons. The van der Waals surface area contributed by atoms with E-state index in [0.29, 0.717) is 17.8 Å². The highest BCUT2D eigenvalue weighted by Gasteiger charge is 2.45. The molecule has 6 rings (SSSR count). The third kappa shape index (κ3) is 3.46. The fraction of sp³-hybridized carbons (Fsp3) is 0.217. The average molecular weight is 500 g/mol. The number of nitrogens with one attached hydrogen (secondary N) is 1. The maximum atomic E-state index is 14.4. The van der Waals surface area contributed by atoms with E-state index >= 15 is 0 Å². The number of oxazole rings is 1. The van der Waals surface area contributed by atoms with Gasteiger partial charge in [0, 0.05) is 31.9 Å². The smallest absolute Gasteiger partial charge is 0.437 e. The van der Waals surface area contributed by atoms with Gasteiger partial charge in [0.1, 0.15) is 28.9 Å². The average Bonchev–Trinajstić information content (AvgIpc) is 3.62. The summed E-state index contributed by atoms with van der Waals surface area (Å²) >= 11 is 0. The van der Waals surface area contributed by atoms with Crippen molar-refractivity contribution in [2.24, 2.45) is 7.05 Å². The van der Waals surface area contributed by atoms with Crippen molar-refractivity contribution in [2.75, 3.05) is 6.54 Å².